The number of Topliss-reactive ketones (excluding diaryl/α,β-unsaturated/α-hetero) is 1. The second-order valence-corrected chi connectivity index (χ2v) is 8.95. The number of aromatic nitrogens is 1. The number of alkyl halides is 3. The molecule has 180 valence electrons. The molecule has 8 heteroatoms. The maximum atomic E-state index is 13.5. The highest BCUT2D eigenvalue weighted by Gasteiger charge is 2.35. The van der Waals surface area contributed by atoms with Crippen molar-refractivity contribution in [2.75, 3.05) is 31.1 Å². The van der Waals surface area contributed by atoms with Crippen molar-refractivity contribution in [3.63, 3.8) is 0 Å². The molecule has 1 aliphatic heterocycles. The maximum Gasteiger partial charge on any atom is 0.418 e. The average Bonchev–Trinajstić information content (AvgIpc) is 2.76. The van der Waals surface area contributed by atoms with E-state index in [0.717, 1.165) is 12.5 Å². The van der Waals surface area contributed by atoms with E-state index in [2.05, 4.69) is 16.8 Å². The van der Waals surface area contributed by atoms with Gasteiger partial charge in [0.05, 0.1) is 11.1 Å². The number of hydrogen-bond acceptors (Lipinski definition) is 4. The predicted molar refractivity (Wildman–Crippen MR) is 123 cm³/mol. The summed E-state index contributed by atoms with van der Waals surface area (Å²) in [4.78, 5) is 32.6. The zero-order valence-electron chi connectivity index (χ0n) is 19.5. The first kappa shape index (κ1) is 25.0. The van der Waals surface area contributed by atoms with Gasteiger partial charge in [-0.15, -0.1) is 0 Å². The van der Waals surface area contributed by atoms with Gasteiger partial charge in [-0.05, 0) is 56.4 Å². The van der Waals surface area contributed by atoms with Gasteiger partial charge in [0.15, 0.2) is 0 Å². The van der Waals surface area contributed by atoms with Gasteiger partial charge in [0, 0.05) is 62.7 Å². The lowest BCUT2D eigenvalue weighted by Crippen LogP contribution is -2.40. The number of amides is 1. The van der Waals surface area contributed by atoms with E-state index in [-0.39, 0.29) is 36.0 Å². The Morgan fingerprint density at radius 3 is 2.52 bits per heavy atom. The topological polar surface area (TPSA) is 53.5 Å². The molecule has 2 atom stereocenters. The van der Waals surface area contributed by atoms with E-state index in [1.54, 1.807) is 17.0 Å². The van der Waals surface area contributed by atoms with Crippen molar-refractivity contribution in [3.8, 4) is 0 Å². The summed E-state index contributed by atoms with van der Waals surface area (Å²) in [5.74, 6) is 0.450. The summed E-state index contributed by atoms with van der Waals surface area (Å²) in [6.45, 7) is 8.50. The molecule has 0 unspecified atom stereocenters. The predicted octanol–water partition coefficient (Wildman–Crippen LogP) is 5.32. The minimum atomic E-state index is -4.47. The van der Waals surface area contributed by atoms with Crippen LogP contribution in [0.2, 0.25) is 0 Å². The molecule has 5 nitrogen and oxygen atoms in total. The summed E-state index contributed by atoms with van der Waals surface area (Å²) in [6, 6.07) is 5.94. The largest absolute Gasteiger partial charge is 0.418 e. The monoisotopic (exact) mass is 463 g/mol. The molecule has 2 heterocycles. The lowest BCUT2D eigenvalue weighted by molar-refractivity contribution is -0.136. The third-order valence-corrected chi connectivity index (χ3v) is 6.39. The van der Waals surface area contributed by atoms with Gasteiger partial charge in [0.25, 0.3) is 0 Å². The first-order chi connectivity index (χ1) is 15.6. The molecule has 1 aromatic carbocycles. The summed E-state index contributed by atoms with van der Waals surface area (Å²) >= 11 is 0. The SMILES string of the molecule is CCN(CC)C(=O)CCC(=O)C[C@@H]1C[C@H](C)CN(c2ccc(C(F)(F)F)c3ncccc23)C1. The first-order valence-corrected chi connectivity index (χ1v) is 11.6. The second kappa shape index (κ2) is 10.5. The summed E-state index contributed by atoms with van der Waals surface area (Å²) in [5, 5.41) is 0.469. The molecule has 33 heavy (non-hydrogen) atoms. The van der Waals surface area contributed by atoms with Gasteiger partial charge < -0.3 is 9.80 Å². The molecule has 0 spiro atoms. The summed E-state index contributed by atoms with van der Waals surface area (Å²) in [5.41, 5.74) is -0.0772. The molecule has 3 rings (SSSR count). The summed E-state index contributed by atoms with van der Waals surface area (Å²) in [6.07, 6.45) is -1.39. The molecule has 0 aliphatic carbocycles. The van der Waals surface area contributed by atoms with Crippen molar-refractivity contribution < 1.29 is 22.8 Å². The highest BCUT2D eigenvalue weighted by molar-refractivity contribution is 5.94. The van der Waals surface area contributed by atoms with Crippen molar-refractivity contribution in [3.05, 3.63) is 36.0 Å². The van der Waals surface area contributed by atoms with Crippen LogP contribution in [0.3, 0.4) is 0 Å². The van der Waals surface area contributed by atoms with Gasteiger partial charge in [-0.3, -0.25) is 14.6 Å². The molecule has 0 bridgehead atoms. The molecule has 0 radical (unpaired) electrons. The minimum absolute atomic E-state index is 0.00397. The minimum Gasteiger partial charge on any atom is -0.370 e. The molecule has 1 aromatic heterocycles. The van der Waals surface area contributed by atoms with Crippen LogP contribution in [0.5, 0.6) is 0 Å². The molecule has 1 saturated heterocycles. The van der Waals surface area contributed by atoms with E-state index in [1.165, 1.54) is 12.3 Å². The quantitative estimate of drug-likeness (QED) is 0.532. The van der Waals surface area contributed by atoms with Gasteiger partial charge in [-0.1, -0.05) is 6.92 Å². The Labute approximate surface area is 193 Å². The number of nitrogens with zero attached hydrogens (tertiary/aromatic N) is 3. The Morgan fingerprint density at radius 2 is 1.85 bits per heavy atom. The Bertz CT molecular complexity index is 989. The normalized spacial score (nSPS) is 19.0. The number of halogens is 3. The lowest BCUT2D eigenvalue weighted by atomic mass is 9.86. The van der Waals surface area contributed by atoms with Crippen LogP contribution in [0, 0.1) is 11.8 Å². The zero-order chi connectivity index (χ0) is 24.2. The Hall–Kier alpha value is -2.64. The van der Waals surface area contributed by atoms with Crippen molar-refractivity contribution in [2.24, 2.45) is 11.8 Å². The maximum absolute atomic E-state index is 13.5. The number of rotatable bonds is 8. The Balaban J connectivity index is 1.73. The highest BCUT2D eigenvalue weighted by atomic mass is 19.4. The van der Waals surface area contributed by atoms with Crippen molar-refractivity contribution in [1.29, 1.82) is 0 Å². The number of anilines is 1. The van der Waals surface area contributed by atoms with Gasteiger partial charge in [0.2, 0.25) is 5.91 Å². The number of hydrogen-bond donors (Lipinski definition) is 0. The smallest absolute Gasteiger partial charge is 0.370 e. The standard InChI is InChI=1S/C25H32F3N3O2/c1-4-30(5-2)23(33)11-8-19(32)14-18-13-17(3)15-31(16-18)22-10-9-21(25(26,27)28)24-20(22)7-6-12-29-24/h6-7,9-10,12,17-18H,4-5,8,11,13-16H2,1-3H3/t17-,18-/m0/s1. The zero-order valence-corrected chi connectivity index (χ0v) is 19.5. The van der Waals surface area contributed by atoms with Crippen LogP contribution in [-0.4, -0.2) is 47.8 Å². The molecular weight excluding hydrogens is 431 g/mol. The third kappa shape index (κ3) is 6.03. The van der Waals surface area contributed by atoms with Crippen LogP contribution in [0.25, 0.3) is 10.9 Å². The number of piperidine rings is 1. The molecule has 1 fully saturated rings. The summed E-state index contributed by atoms with van der Waals surface area (Å²) in [7, 11) is 0. The molecular formula is C25H32F3N3O2. The number of carbonyl (C=O) groups excluding carboxylic acids is 2. The third-order valence-electron chi connectivity index (χ3n) is 6.39. The fourth-order valence-electron chi connectivity index (χ4n) is 4.89. The van der Waals surface area contributed by atoms with Gasteiger partial charge in [0.1, 0.15) is 5.78 Å². The van der Waals surface area contributed by atoms with E-state index < -0.39 is 11.7 Å². The Morgan fingerprint density at radius 1 is 1.12 bits per heavy atom. The lowest BCUT2D eigenvalue weighted by Gasteiger charge is -2.38. The van der Waals surface area contributed by atoms with E-state index in [4.69, 9.17) is 0 Å². The second-order valence-electron chi connectivity index (χ2n) is 8.95. The van der Waals surface area contributed by atoms with Crippen molar-refractivity contribution >= 4 is 28.3 Å². The van der Waals surface area contributed by atoms with E-state index in [1.807, 2.05) is 13.8 Å². The molecule has 1 amide bonds. The molecule has 0 N–H and O–H groups in total. The van der Waals surface area contributed by atoms with E-state index in [0.29, 0.717) is 49.6 Å². The number of fused-ring (bicyclic) bond motifs is 1. The average molecular weight is 464 g/mol. The van der Waals surface area contributed by atoms with Crippen molar-refractivity contribution in [2.45, 2.75) is 52.6 Å². The highest BCUT2D eigenvalue weighted by Crippen LogP contribution is 2.39. The fourth-order valence-corrected chi connectivity index (χ4v) is 4.89. The van der Waals surface area contributed by atoms with Gasteiger partial charge >= 0.3 is 6.18 Å². The molecule has 2 aromatic rings. The summed E-state index contributed by atoms with van der Waals surface area (Å²) < 4.78 is 40.4. The van der Waals surface area contributed by atoms with Crippen LogP contribution in [0.4, 0.5) is 18.9 Å². The first-order valence-electron chi connectivity index (χ1n) is 11.6. The molecule has 1 aliphatic rings. The fraction of sp³-hybridized carbons (Fsp3) is 0.560. The van der Waals surface area contributed by atoms with Crippen LogP contribution in [0.15, 0.2) is 30.5 Å². The Kier molecular flexibility index (Phi) is 7.97. The number of pyridine rings is 1. The van der Waals surface area contributed by atoms with Crippen LogP contribution in [-0.2, 0) is 15.8 Å². The molecule has 0 saturated carbocycles. The van der Waals surface area contributed by atoms with Crippen molar-refractivity contribution in [1.82, 2.24) is 9.88 Å². The number of benzene rings is 1. The van der Waals surface area contributed by atoms with Gasteiger partial charge in [-0.2, -0.15) is 13.2 Å². The van der Waals surface area contributed by atoms with Gasteiger partial charge in [-0.25, -0.2) is 0 Å². The van der Waals surface area contributed by atoms with Crippen LogP contribution >= 0.6 is 0 Å². The van der Waals surface area contributed by atoms with E-state index >= 15 is 0 Å². The van der Waals surface area contributed by atoms with E-state index in [9.17, 15) is 22.8 Å². The number of carbonyl (C=O) groups is 2. The van der Waals surface area contributed by atoms with Crippen LogP contribution < -0.4 is 4.90 Å². The van der Waals surface area contributed by atoms with Crippen LogP contribution in [0.1, 0.15) is 52.0 Å². The number of ketones is 1.